The van der Waals surface area contributed by atoms with Crippen LogP contribution in [0.5, 0.6) is 0 Å². The average Bonchev–Trinajstić information content (AvgIpc) is 1.89. The van der Waals surface area contributed by atoms with Crippen molar-refractivity contribution in [1.29, 1.82) is 0 Å². The number of halogens is 1. The van der Waals surface area contributed by atoms with Crippen LogP contribution in [-0.4, -0.2) is 12.1 Å². The van der Waals surface area contributed by atoms with Gasteiger partial charge in [-0.2, -0.15) is 0 Å². The van der Waals surface area contributed by atoms with Crippen LogP contribution in [0.4, 0.5) is 0 Å². The maximum absolute atomic E-state index is 5.66. The van der Waals surface area contributed by atoms with Gasteiger partial charge in [-0.15, -0.1) is 11.6 Å². The predicted molar refractivity (Wildman–Crippen MR) is 47.8 cm³/mol. The molecule has 0 atom stereocenters. The SMILES string of the molecule is C/C=C/N=CC(C)(C)CCl. The molecule has 0 spiro atoms. The van der Waals surface area contributed by atoms with Crippen LogP contribution < -0.4 is 0 Å². The highest BCUT2D eigenvalue weighted by Crippen LogP contribution is 2.13. The Hall–Kier alpha value is -0.300. The lowest BCUT2D eigenvalue weighted by atomic mass is 9.99. The standard InChI is InChI=1S/C8H14ClN/c1-4-5-10-7-8(2,3)6-9/h4-5,7H,6H2,1-3H3/b5-4+,10-7?. The van der Waals surface area contributed by atoms with Crippen LogP contribution in [-0.2, 0) is 0 Å². The summed E-state index contributed by atoms with van der Waals surface area (Å²) in [7, 11) is 0. The fourth-order valence-electron chi connectivity index (χ4n) is 0.365. The maximum Gasteiger partial charge on any atom is 0.0324 e. The van der Waals surface area contributed by atoms with Gasteiger partial charge in [0.25, 0.3) is 0 Å². The molecule has 0 fully saturated rings. The molecule has 10 heavy (non-hydrogen) atoms. The van der Waals surface area contributed by atoms with E-state index in [-0.39, 0.29) is 5.41 Å². The van der Waals surface area contributed by atoms with Gasteiger partial charge in [0.05, 0.1) is 0 Å². The van der Waals surface area contributed by atoms with E-state index < -0.39 is 0 Å². The number of alkyl halides is 1. The van der Waals surface area contributed by atoms with Crippen molar-refractivity contribution in [3.8, 4) is 0 Å². The van der Waals surface area contributed by atoms with Crippen molar-refractivity contribution < 1.29 is 0 Å². The molecule has 0 bridgehead atoms. The molecule has 1 nitrogen and oxygen atoms in total. The topological polar surface area (TPSA) is 12.4 Å². The van der Waals surface area contributed by atoms with Crippen molar-refractivity contribution in [2.24, 2.45) is 10.4 Å². The molecular weight excluding hydrogens is 146 g/mol. The summed E-state index contributed by atoms with van der Waals surface area (Å²) < 4.78 is 0. The van der Waals surface area contributed by atoms with Gasteiger partial charge in [-0.3, -0.25) is 4.99 Å². The fourth-order valence-corrected chi connectivity index (χ4v) is 0.434. The van der Waals surface area contributed by atoms with Crippen LogP contribution in [0.15, 0.2) is 17.3 Å². The second-order valence-corrected chi connectivity index (χ2v) is 3.15. The zero-order valence-corrected chi connectivity index (χ0v) is 7.52. The van der Waals surface area contributed by atoms with E-state index in [9.17, 15) is 0 Å². The number of nitrogens with zero attached hydrogens (tertiary/aromatic N) is 1. The van der Waals surface area contributed by atoms with Gasteiger partial charge >= 0.3 is 0 Å². The van der Waals surface area contributed by atoms with Crippen molar-refractivity contribution in [1.82, 2.24) is 0 Å². The predicted octanol–water partition coefficient (Wildman–Crippen LogP) is 2.86. The van der Waals surface area contributed by atoms with Gasteiger partial charge in [0.15, 0.2) is 0 Å². The van der Waals surface area contributed by atoms with Gasteiger partial charge in [0.1, 0.15) is 0 Å². The van der Waals surface area contributed by atoms with Crippen LogP contribution in [0.3, 0.4) is 0 Å². The fraction of sp³-hybridized carbons (Fsp3) is 0.625. The molecule has 0 rings (SSSR count). The summed E-state index contributed by atoms with van der Waals surface area (Å²) in [5.74, 6) is 0.605. The second-order valence-electron chi connectivity index (χ2n) is 2.88. The quantitative estimate of drug-likeness (QED) is 0.444. The van der Waals surface area contributed by atoms with E-state index in [4.69, 9.17) is 11.6 Å². The zero-order chi connectivity index (χ0) is 8.04. The van der Waals surface area contributed by atoms with E-state index >= 15 is 0 Å². The highest BCUT2D eigenvalue weighted by molar-refractivity contribution is 6.19. The van der Waals surface area contributed by atoms with Crippen molar-refractivity contribution in [3.63, 3.8) is 0 Å². The van der Waals surface area contributed by atoms with Gasteiger partial charge in [-0.1, -0.05) is 19.9 Å². The molecule has 0 aliphatic carbocycles. The molecule has 0 radical (unpaired) electrons. The number of hydrogen-bond donors (Lipinski definition) is 0. The van der Waals surface area contributed by atoms with E-state index in [2.05, 4.69) is 4.99 Å². The van der Waals surface area contributed by atoms with Crippen molar-refractivity contribution >= 4 is 17.8 Å². The van der Waals surface area contributed by atoms with E-state index in [0.717, 1.165) is 0 Å². The molecule has 58 valence electrons. The largest absolute Gasteiger partial charge is 0.269 e. The Balaban J connectivity index is 3.86. The van der Waals surface area contributed by atoms with Crippen molar-refractivity contribution in [2.75, 3.05) is 5.88 Å². The Morgan fingerprint density at radius 2 is 2.10 bits per heavy atom. The lowest BCUT2D eigenvalue weighted by molar-refractivity contribution is 0.615. The van der Waals surface area contributed by atoms with Crippen LogP contribution in [0.2, 0.25) is 0 Å². The first-order chi connectivity index (χ1) is 4.62. The highest BCUT2D eigenvalue weighted by atomic mass is 35.5. The number of allylic oxidation sites excluding steroid dienone is 1. The first-order valence-electron chi connectivity index (χ1n) is 3.34. The Kier molecular flexibility index (Phi) is 4.37. The Morgan fingerprint density at radius 3 is 2.50 bits per heavy atom. The van der Waals surface area contributed by atoms with Gasteiger partial charge < -0.3 is 0 Å². The van der Waals surface area contributed by atoms with Gasteiger partial charge in [0.2, 0.25) is 0 Å². The lowest BCUT2D eigenvalue weighted by Crippen LogP contribution is -2.14. The third-order valence-electron chi connectivity index (χ3n) is 1.00. The Morgan fingerprint density at radius 1 is 1.50 bits per heavy atom. The summed E-state index contributed by atoms with van der Waals surface area (Å²) in [5, 5.41) is 0. The van der Waals surface area contributed by atoms with Gasteiger partial charge in [-0.25, -0.2) is 0 Å². The minimum Gasteiger partial charge on any atom is -0.269 e. The molecule has 0 heterocycles. The molecule has 0 unspecified atom stereocenters. The van der Waals surface area contributed by atoms with Gasteiger partial charge in [-0.05, 0) is 6.92 Å². The number of rotatable bonds is 3. The molecule has 0 aromatic carbocycles. The molecule has 2 heteroatoms. The Bertz CT molecular complexity index is 136. The average molecular weight is 160 g/mol. The summed E-state index contributed by atoms with van der Waals surface area (Å²) in [6.07, 6.45) is 5.51. The minimum atomic E-state index is 0.0149. The smallest absolute Gasteiger partial charge is 0.0324 e. The summed E-state index contributed by atoms with van der Waals surface area (Å²) in [6, 6.07) is 0. The first kappa shape index (κ1) is 9.70. The second kappa shape index (κ2) is 4.51. The molecule has 0 aromatic heterocycles. The molecular formula is C8H14ClN. The molecule has 0 saturated carbocycles. The highest BCUT2D eigenvalue weighted by Gasteiger charge is 2.11. The summed E-state index contributed by atoms with van der Waals surface area (Å²) in [6.45, 7) is 6.03. The summed E-state index contributed by atoms with van der Waals surface area (Å²) in [5.41, 5.74) is 0.0149. The number of hydrogen-bond acceptors (Lipinski definition) is 1. The normalized spacial score (nSPS) is 13.6. The van der Waals surface area contributed by atoms with Crippen LogP contribution in [0, 0.1) is 5.41 Å². The lowest BCUT2D eigenvalue weighted by Gasteiger charge is -2.12. The van der Waals surface area contributed by atoms with Crippen LogP contribution >= 0.6 is 11.6 Å². The van der Waals surface area contributed by atoms with E-state index in [1.807, 2.05) is 33.1 Å². The van der Waals surface area contributed by atoms with E-state index in [0.29, 0.717) is 5.88 Å². The molecule has 0 aliphatic heterocycles. The maximum atomic E-state index is 5.66. The molecule has 0 amide bonds. The third kappa shape index (κ3) is 4.57. The van der Waals surface area contributed by atoms with Crippen LogP contribution in [0.25, 0.3) is 0 Å². The molecule has 0 saturated heterocycles. The Labute approximate surface area is 67.8 Å². The van der Waals surface area contributed by atoms with Crippen LogP contribution in [0.1, 0.15) is 20.8 Å². The van der Waals surface area contributed by atoms with Gasteiger partial charge in [0, 0.05) is 23.7 Å². The monoisotopic (exact) mass is 159 g/mol. The summed E-state index contributed by atoms with van der Waals surface area (Å²) >= 11 is 5.66. The molecule has 0 aromatic rings. The minimum absolute atomic E-state index is 0.0149. The molecule has 0 aliphatic rings. The number of aliphatic imine (C=N–C) groups is 1. The summed E-state index contributed by atoms with van der Waals surface area (Å²) in [4.78, 5) is 4.04. The van der Waals surface area contributed by atoms with Crippen molar-refractivity contribution in [3.05, 3.63) is 12.3 Å². The molecule has 0 N–H and O–H groups in total. The third-order valence-corrected chi connectivity index (χ3v) is 1.69. The van der Waals surface area contributed by atoms with Crippen molar-refractivity contribution in [2.45, 2.75) is 20.8 Å². The van der Waals surface area contributed by atoms with E-state index in [1.54, 1.807) is 6.20 Å². The van der Waals surface area contributed by atoms with E-state index in [1.165, 1.54) is 0 Å². The zero-order valence-electron chi connectivity index (χ0n) is 6.76. The first-order valence-corrected chi connectivity index (χ1v) is 3.87.